The number of nitrogens with zero attached hydrogens (tertiary/aromatic N) is 3. The van der Waals surface area contributed by atoms with Crippen LogP contribution in [-0.4, -0.2) is 75.3 Å². The molecule has 0 saturated carbocycles. The molecule has 2 rings (SSSR count). The molecular formula is C32H49IN5O8P. The molecule has 1 aromatic rings. The van der Waals surface area contributed by atoms with Gasteiger partial charge in [0.05, 0.1) is 13.2 Å². The zero-order valence-corrected chi connectivity index (χ0v) is 30.2. The fourth-order valence-electron chi connectivity index (χ4n) is 4.30. The van der Waals surface area contributed by atoms with Crippen molar-refractivity contribution in [1.29, 1.82) is 0 Å². The topological polar surface area (TPSA) is 174 Å². The summed E-state index contributed by atoms with van der Waals surface area (Å²) in [5.41, 5.74) is -0.708. The molecule has 13 nitrogen and oxygen atoms in total. The predicted octanol–water partition coefficient (Wildman–Crippen LogP) is 4.65. The highest BCUT2D eigenvalue weighted by atomic mass is 127. The summed E-state index contributed by atoms with van der Waals surface area (Å²) in [6, 6.07) is 0. The van der Waals surface area contributed by atoms with Crippen LogP contribution < -0.4 is 16.1 Å². The quantitative estimate of drug-likeness (QED) is 0.0526. The van der Waals surface area contributed by atoms with Crippen LogP contribution in [0.3, 0.4) is 0 Å². The van der Waals surface area contributed by atoms with Gasteiger partial charge in [-0.05, 0) is 51.9 Å². The maximum absolute atomic E-state index is 13.1. The van der Waals surface area contributed by atoms with Gasteiger partial charge >= 0.3 is 13.4 Å². The fourth-order valence-corrected chi connectivity index (χ4v) is 5.96. The number of aliphatic hydroxyl groups excluding tert-OH is 2. The molecule has 5 atom stereocenters. The third kappa shape index (κ3) is 16.6. The molecule has 1 aliphatic rings. The molecule has 1 aliphatic heterocycles. The Morgan fingerprint density at radius 2 is 1.60 bits per heavy atom. The van der Waals surface area contributed by atoms with Gasteiger partial charge in [0.1, 0.15) is 24.6 Å². The van der Waals surface area contributed by atoms with E-state index in [0.717, 1.165) is 49.4 Å². The Balaban J connectivity index is 1.60. The van der Waals surface area contributed by atoms with Crippen LogP contribution in [-0.2, 0) is 23.1 Å². The van der Waals surface area contributed by atoms with Crippen molar-refractivity contribution in [3.63, 3.8) is 0 Å². The van der Waals surface area contributed by atoms with Gasteiger partial charge in [-0.15, -0.1) is 0 Å². The molecule has 1 saturated heterocycles. The average Bonchev–Trinajstić information content (AvgIpc) is 3.32. The molecule has 0 bridgehead atoms. The molecule has 2 heterocycles. The number of hydrogen-bond donors (Lipinski definition) is 4. The minimum atomic E-state index is -3.83. The van der Waals surface area contributed by atoms with Crippen molar-refractivity contribution in [2.75, 3.05) is 26.3 Å². The van der Waals surface area contributed by atoms with Gasteiger partial charge in [0, 0.05) is 42.1 Å². The number of aromatic nitrogens is 3. The molecule has 262 valence electrons. The molecule has 0 aromatic carbocycles. The Kier molecular flexibility index (Phi) is 20.8. The van der Waals surface area contributed by atoms with Crippen LogP contribution >= 0.6 is 30.3 Å². The van der Waals surface area contributed by atoms with Crippen LogP contribution in [0, 0.1) is 3.83 Å². The lowest BCUT2D eigenvalue weighted by Crippen LogP contribution is -2.36. The summed E-state index contributed by atoms with van der Waals surface area (Å²) in [6.45, 7) is 3.74. The predicted molar refractivity (Wildman–Crippen MR) is 189 cm³/mol. The van der Waals surface area contributed by atoms with Crippen LogP contribution in [0.25, 0.3) is 0 Å². The zero-order chi connectivity index (χ0) is 34.3. The first-order valence-corrected chi connectivity index (χ1v) is 18.6. The molecule has 1 aromatic heterocycles. The number of carbonyl (C=O) groups is 1. The molecule has 0 radical (unpaired) electrons. The van der Waals surface area contributed by atoms with Crippen LogP contribution in [0.5, 0.6) is 0 Å². The number of halogens is 1. The summed E-state index contributed by atoms with van der Waals surface area (Å²) in [4.78, 5) is 31.9. The average molecular weight is 790 g/mol. The number of aliphatic hydroxyl groups is 2. The lowest BCUT2D eigenvalue weighted by atomic mass is 10.1. The summed E-state index contributed by atoms with van der Waals surface area (Å²) in [7, 11) is -3.83. The number of amides is 1. The van der Waals surface area contributed by atoms with Gasteiger partial charge in [-0.3, -0.25) is 18.4 Å². The number of nitrogens with one attached hydrogen (secondary N) is 2. The second kappa shape index (κ2) is 23.9. The molecule has 0 spiro atoms. The highest BCUT2D eigenvalue weighted by Gasteiger charge is 2.45. The van der Waals surface area contributed by atoms with Gasteiger partial charge in [-0.25, -0.2) is 19.4 Å². The van der Waals surface area contributed by atoms with Crippen molar-refractivity contribution >= 4 is 36.2 Å². The van der Waals surface area contributed by atoms with E-state index in [1.165, 1.54) is 0 Å². The van der Waals surface area contributed by atoms with Crippen molar-refractivity contribution in [1.82, 2.24) is 24.9 Å². The smallest absolute Gasteiger partial charge is 0.387 e. The summed E-state index contributed by atoms with van der Waals surface area (Å²) in [5, 5.41) is 26.3. The first kappa shape index (κ1) is 40.9. The standard InChI is InChI=1S/C32H49IN5O8P/c1-3-5-6-7-8-9-10-11-12-13-14-15-16-17-18-19-20-21-27(39)34-22-23-36-47(43,44-4-2)45-24-26-28(40)29(41)30(46-26)38-25-35-31(33)37-32(38)42/h5-6,8-9,11-12,14-15,17-18,25-26,28-30,40-41H,3-4,7,10,13,16,19-24H2,1-2H3,(H,34,39)(H,36,43)/b6-5-,9-8-,12-11-,15-14-,18-17-/t26-,28-,29-,30?,47?/m1/s1. The van der Waals surface area contributed by atoms with Gasteiger partial charge in [-0.2, -0.15) is 4.98 Å². The second-order valence-electron chi connectivity index (χ2n) is 10.4. The number of ether oxygens (including phenoxy) is 1. The first-order chi connectivity index (χ1) is 22.7. The summed E-state index contributed by atoms with van der Waals surface area (Å²) >= 11 is 1.77. The number of allylic oxidation sites excluding steroid dienone is 10. The van der Waals surface area contributed by atoms with E-state index in [1.54, 1.807) is 29.5 Å². The summed E-state index contributed by atoms with van der Waals surface area (Å²) < 4.78 is 30.7. The third-order valence-corrected chi connectivity index (χ3v) is 8.92. The monoisotopic (exact) mass is 789 g/mol. The SMILES string of the molecule is CC/C=C\C/C=C\C/C=C\C/C=C\C/C=C\CCCC(=O)NCCNP(=O)(OCC)OC[C@H]1OC(n2cnc(I)nc2=O)[C@H](O)[C@@H]1O. The van der Waals surface area contributed by atoms with Crippen molar-refractivity contribution in [3.8, 4) is 0 Å². The lowest BCUT2D eigenvalue weighted by molar-refractivity contribution is -0.121. The number of rotatable bonds is 23. The molecular weight excluding hydrogens is 740 g/mol. The van der Waals surface area contributed by atoms with E-state index in [-0.39, 0.29) is 29.4 Å². The molecule has 0 aliphatic carbocycles. The zero-order valence-electron chi connectivity index (χ0n) is 27.2. The van der Waals surface area contributed by atoms with E-state index in [1.807, 2.05) is 0 Å². The van der Waals surface area contributed by atoms with Gasteiger partial charge in [-0.1, -0.05) is 67.7 Å². The minimum Gasteiger partial charge on any atom is -0.387 e. The van der Waals surface area contributed by atoms with Crippen LogP contribution in [0.4, 0.5) is 0 Å². The van der Waals surface area contributed by atoms with Gasteiger partial charge in [0.15, 0.2) is 10.1 Å². The van der Waals surface area contributed by atoms with Gasteiger partial charge in [0.2, 0.25) is 5.91 Å². The molecule has 1 fully saturated rings. The molecule has 47 heavy (non-hydrogen) atoms. The number of hydrogen-bond acceptors (Lipinski definition) is 10. The highest BCUT2D eigenvalue weighted by Crippen LogP contribution is 2.44. The maximum atomic E-state index is 13.1. The number of carbonyl (C=O) groups excluding carboxylic acids is 1. The lowest BCUT2D eigenvalue weighted by Gasteiger charge is -2.21. The van der Waals surface area contributed by atoms with E-state index in [9.17, 15) is 24.4 Å². The Labute approximate surface area is 291 Å². The largest absolute Gasteiger partial charge is 0.405 e. The minimum absolute atomic E-state index is 0.0706. The maximum Gasteiger partial charge on any atom is 0.405 e. The summed E-state index contributed by atoms with van der Waals surface area (Å²) in [5.74, 6) is -0.122. The van der Waals surface area contributed by atoms with Crippen LogP contribution in [0.1, 0.15) is 71.4 Å². The van der Waals surface area contributed by atoms with E-state index < -0.39 is 44.6 Å². The normalized spacial score (nSPS) is 21.6. The first-order valence-electron chi connectivity index (χ1n) is 16.0. The molecule has 2 unspecified atom stereocenters. The molecule has 4 N–H and O–H groups in total. The van der Waals surface area contributed by atoms with E-state index in [4.69, 9.17) is 13.8 Å². The van der Waals surface area contributed by atoms with E-state index in [0.29, 0.717) is 12.8 Å². The third-order valence-electron chi connectivity index (χ3n) is 6.70. The van der Waals surface area contributed by atoms with E-state index in [2.05, 4.69) is 88.1 Å². The van der Waals surface area contributed by atoms with Crippen LogP contribution in [0.2, 0.25) is 0 Å². The molecule has 1 amide bonds. The van der Waals surface area contributed by atoms with Gasteiger partial charge < -0.3 is 20.3 Å². The fraction of sp³-hybridized carbons (Fsp3) is 0.562. The Morgan fingerprint density at radius 1 is 0.979 bits per heavy atom. The molecule has 15 heteroatoms. The second-order valence-corrected chi connectivity index (χ2v) is 13.2. The van der Waals surface area contributed by atoms with Crippen molar-refractivity contribution in [2.45, 2.75) is 89.8 Å². The Hall–Kier alpha value is -2.30. The van der Waals surface area contributed by atoms with Crippen molar-refractivity contribution in [2.24, 2.45) is 0 Å². The van der Waals surface area contributed by atoms with E-state index >= 15 is 0 Å². The number of unbranched alkanes of at least 4 members (excludes halogenated alkanes) is 1. The Morgan fingerprint density at radius 3 is 2.19 bits per heavy atom. The Bertz CT molecular complexity index is 1320. The highest BCUT2D eigenvalue weighted by molar-refractivity contribution is 14.1. The van der Waals surface area contributed by atoms with Crippen molar-refractivity contribution < 1.29 is 33.4 Å². The van der Waals surface area contributed by atoms with Crippen LogP contribution in [0.15, 0.2) is 71.9 Å². The van der Waals surface area contributed by atoms with Crippen molar-refractivity contribution in [3.05, 3.63) is 81.4 Å². The summed E-state index contributed by atoms with van der Waals surface area (Å²) in [6.07, 6.45) is 24.0. The van der Waals surface area contributed by atoms with Gasteiger partial charge in [0.25, 0.3) is 0 Å².